The Bertz CT molecular complexity index is 839. The third-order valence-corrected chi connectivity index (χ3v) is 4.88. The molecule has 1 aliphatic rings. The zero-order valence-corrected chi connectivity index (χ0v) is 16.8. The minimum atomic E-state index is 0. The summed E-state index contributed by atoms with van der Waals surface area (Å²) in [5.41, 5.74) is 2.67. The molecule has 26 heavy (non-hydrogen) atoms. The second kappa shape index (κ2) is 8.76. The van der Waals surface area contributed by atoms with Crippen molar-refractivity contribution >= 4 is 47.2 Å². The maximum Gasteiger partial charge on any atom is 0.146 e. The highest BCUT2D eigenvalue weighted by Gasteiger charge is 2.28. The Hall–Kier alpha value is -1.75. The SMILES string of the molecule is COc1c(Cl)cccc1C1=NN(C(=N)Cc2ccccc2Cl)CC1C.Cl. The van der Waals surface area contributed by atoms with Gasteiger partial charge in [0.05, 0.1) is 24.4 Å². The molecule has 7 heteroatoms. The molecule has 3 rings (SSSR count). The minimum absolute atomic E-state index is 0. The molecule has 1 heterocycles. The molecule has 4 nitrogen and oxygen atoms in total. The van der Waals surface area contributed by atoms with Crippen molar-refractivity contribution < 1.29 is 4.74 Å². The van der Waals surface area contributed by atoms with Crippen molar-refractivity contribution in [3.63, 3.8) is 0 Å². The number of hydrazone groups is 1. The number of amidine groups is 1. The molecule has 138 valence electrons. The Labute approximate surface area is 169 Å². The summed E-state index contributed by atoms with van der Waals surface area (Å²) in [5, 5.41) is 16.0. The van der Waals surface area contributed by atoms with Crippen LogP contribution in [0.1, 0.15) is 18.1 Å². The van der Waals surface area contributed by atoms with E-state index < -0.39 is 0 Å². The summed E-state index contributed by atoms with van der Waals surface area (Å²) in [6.07, 6.45) is 0.440. The van der Waals surface area contributed by atoms with Crippen LogP contribution in [0.5, 0.6) is 5.75 Å². The summed E-state index contributed by atoms with van der Waals surface area (Å²) in [5.74, 6) is 1.20. The second-order valence-corrected chi connectivity index (χ2v) is 6.82. The monoisotopic (exact) mass is 411 g/mol. The topological polar surface area (TPSA) is 48.7 Å². The number of methoxy groups -OCH3 is 1. The number of ether oxygens (including phenoxy) is 1. The van der Waals surface area contributed by atoms with E-state index in [-0.39, 0.29) is 18.3 Å². The molecule has 0 fully saturated rings. The van der Waals surface area contributed by atoms with Gasteiger partial charge in [-0.15, -0.1) is 12.4 Å². The predicted molar refractivity (Wildman–Crippen MR) is 111 cm³/mol. The van der Waals surface area contributed by atoms with Gasteiger partial charge in [-0.25, -0.2) is 0 Å². The maximum atomic E-state index is 8.41. The number of hydrogen-bond donors (Lipinski definition) is 1. The van der Waals surface area contributed by atoms with Crippen molar-refractivity contribution in [2.75, 3.05) is 13.7 Å². The van der Waals surface area contributed by atoms with Crippen LogP contribution < -0.4 is 4.74 Å². The fourth-order valence-corrected chi connectivity index (χ4v) is 3.39. The summed E-state index contributed by atoms with van der Waals surface area (Å²) >= 11 is 12.4. The van der Waals surface area contributed by atoms with Crippen molar-refractivity contribution in [2.45, 2.75) is 13.3 Å². The quantitative estimate of drug-likeness (QED) is 0.547. The summed E-state index contributed by atoms with van der Waals surface area (Å²) < 4.78 is 5.44. The minimum Gasteiger partial charge on any atom is -0.494 e. The highest BCUT2D eigenvalue weighted by molar-refractivity contribution is 6.33. The summed E-state index contributed by atoms with van der Waals surface area (Å²) in [7, 11) is 1.60. The van der Waals surface area contributed by atoms with Gasteiger partial charge in [0.1, 0.15) is 11.6 Å². The molecule has 1 aliphatic heterocycles. The Kier molecular flexibility index (Phi) is 6.93. The third-order valence-electron chi connectivity index (χ3n) is 4.22. The Morgan fingerprint density at radius 1 is 1.19 bits per heavy atom. The van der Waals surface area contributed by atoms with E-state index in [2.05, 4.69) is 12.0 Å². The Morgan fingerprint density at radius 2 is 1.88 bits per heavy atom. The fourth-order valence-electron chi connectivity index (χ4n) is 2.94. The predicted octanol–water partition coefficient (Wildman–Crippen LogP) is 5.30. The molecular weight excluding hydrogens is 393 g/mol. The normalized spacial score (nSPS) is 16.1. The van der Waals surface area contributed by atoms with Gasteiger partial charge in [0.15, 0.2) is 0 Å². The summed E-state index contributed by atoms with van der Waals surface area (Å²) in [6, 6.07) is 13.2. The molecule has 0 radical (unpaired) electrons. The molecule has 0 aromatic heterocycles. The van der Waals surface area contributed by atoms with Crippen LogP contribution in [0.2, 0.25) is 10.0 Å². The highest BCUT2D eigenvalue weighted by atomic mass is 35.5. The van der Waals surface area contributed by atoms with Crippen LogP contribution in [0, 0.1) is 11.3 Å². The molecule has 0 saturated carbocycles. The van der Waals surface area contributed by atoms with Gasteiger partial charge in [-0.05, 0) is 23.8 Å². The van der Waals surface area contributed by atoms with Gasteiger partial charge >= 0.3 is 0 Å². The number of hydrogen-bond acceptors (Lipinski definition) is 3. The van der Waals surface area contributed by atoms with E-state index in [9.17, 15) is 0 Å². The second-order valence-electron chi connectivity index (χ2n) is 6.00. The number of para-hydroxylation sites is 1. The largest absolute Gasteiger partial charge is 0.494 e. The average Bonchev–Trinajstić information content (AvgIpc) is 2.98. The van der Waals surface area contributed by atoms with Gasteiger partial charge in [0.2, 0.25) is 0 Å². The van der Waals surface area contributed by atoms with Gasteiger partial charge in [-0.3, -0.25) is 10.4 Å². The standard InChI is InChI=1S/C19H19Cl2N3O.ClH/c1-12-11-24(17(22)10-13-6-3-4-8-15(13)20)23-18(12)14-7-5-9-16(21)19(14)25-2;/h3-9,12,22H,10-11H2,1-2H3;1H. The summed E-state index contributed by atoms with van der Waals surface area (Å²) in [6.45, 7) is 2.73. The molecule has 0 bridgehead atoms. The molecule has 1 atom stereocenters. The average molecular weight is 413 g/mol. The van der Waals surface area contributed by atoms with Crippen LogP contribution in [0.15, 0.2) is 47.6 Å². The molecule has 2 aromatic carbocycles. The molecule has 2 aromatic rings. The van der Waals surface area contributed by atoms with Crippen molar-refractivity contribution in [2.24, 2.45) is 11.0 Å². The van der Waals surface area contributed by atoms with Crippen molar-refractivity contribution in [1.82, 2.24) is 5.01 Å². The molecule has 0 spiro atoms. The van der Waals surface area contributed by atoms with Gasteiger partial charge in [-0.2, -0.15) is 5.10 Å². The van der Waals surface area contributed by atoms with Crippen molar-refractivity contribution in [3.8, 4) is 5.75 Å². The van der Waals surface area contributed by atoms with Crippen LogP contribution in [0.4, 0.5) is 0 Å². The molecule has 1 N–H and O–H groups in total. The lowest BCUT2D eigenvalue weighted by Crippen LogP contribution is -2.26. The maximum absolute atomic E-state index is 8.41. The Balaban J connectivity index is 0.00000243. The van der Waals surface area contributed by atoms with E-state index in [1.54, 1.807) is 18.2 Å². The van der Waals surface area contributed by atoms with Gasteiger partial charge in [0, 0.05) is 22.9 Å². The molecule has 0 amide bonds. The van der Waals surface area contributed by atoms with Crippen molar-refractivity contribution in [3.05, 3.63) is 63.6 Å². The molecular formula is C19H20Cl3N3O. The van der Waals surface area contributed by atoms with Crippen LogP contribution in [0.3, 0.4) is 0 Å². The zero-order valence-electron chi connectivity index (χ0n) is 14.5. The van der Waals surface area contributed by atoms with E-state index in [1.165, 1.54) is 0 Å². The number of nitrogens with zero attached hydrogens (tertiary/aromatic N) is 2. The van der Waals surface area contributed by atoms with E-state index in [1.807, 2.05) is 36.4 Å². The van der Waals surface area contributed by atoms with Crippen LogP contribution in [-0.2, 0) is 6.42 Å². The van der Waals surface area contributed by atoms with Crippen LogP contribution >= 0.6 is 35.6 Å². The van der Waals surface area contributed by atoms with Crippen LogP contribution in [0.25, 0.3) is 0 Å². The zero-order chi connectivity index (χ0) is 18.0. The van der Waals surface area contributed by atoms with Gasteiger partial charge < -0.3 is 4.74 Å². The first kappa shape index (κ1) is 20.6. The van der Waals surface area contributed by atoms with Crippen molar-refractivity contribution in [1.29, 1.82) is 5.41 Å². The number of halogens is 3. The van der Waals surface area contributed by atoms with E-state index in [0.29, 0.717) is 34.6 Å². The number of nitrogens with one attached hydrogen (secondary N) is 1. The fraction of sp³-hybridized carbons (Fsp3) is 0.263. The van der Waals surface area contributed by atoms with E-state index in [4.69, 9.17) is 33.3 Å². The molecule has 1 unspecified atom stereocenters. The number of rotatable bonds is 4. The highest BCUT2D eigenvalue weighted by Crippen LogP contribution is 2.32. The molecule has 0 aliphatic carbocycles. The first-order valence-electron chi connectivity index (χ1n) is 8.01. The van der Waals surface area contributed by atoms with E-state index >= 15 is 0 Å². The smallest absolute Gasteiger partial charge is 0.146 e. The first-order chi connectivity index (χ1) is 12.0. The third kappa shape index (κ3) is 4.14. The lowest BCUT2D eigenvalue weighted by molar-refractivity contribution is 0.414. The van der Waals surface area contributed by atoms with Gasteiger partial charge in [-0.1, -0.05) is 54.4 Å². The van der Waals surface area contributed by atoms with E-state index in [0.717, 1.165) is 16.8 Å². The first-order valence-corrected chi connectivity index (χ1v) is 8.76. The van der Waals surface area contributed by atoms with Gasteiger partial charge in [0.25, 0.3) is 0 Å². The van der Waals surface area contributed by atoms with Crippen LogP contribution in [-0.4, -0.2) is 30.2 Å². The lowest BCUT2D eigenvalue weighted by Gasteiger charge is -2.16. The number of benzene rings is 2. The Morgan fingerprint density at radius 3 is 2.58 bits per heavy atom. The molecule has 0 saturated heterocycles. The summed E-state index contributed by atoms with van der Waals surface area (Å²) in [4.78, 5) is 0. The lowest BCUT2D eigenvalue weighted by atomic mass is 9.98.